The number of nitrogens with two attached hydrogens (primary N) is 1. The Morgan fingerprint density at radius 3 is 2.57 bits per heavy atom. The summed E-state index contributed by atoms with van der Waals surface area (Å²) in [5, 5.41) is 4.06. The van der Waals surface area contributed by atoms with Crippen molar-refractivity contribution >= 4 is 11.7 Å². The van der Waals surface area contributed by atoms with Gasteiger partial charge in [0.2, 0.25) is 5.91 Å². The van der Waals surface area contributed by atoms with Gasteiger partial charge in [0.15, 0.2) is 0 Å². The fourth-order valence-corrected chi connectivity index (χ4v) is 2.18. The van der Waals surface area contributed by atoms with E-state index in [0.29, 0.717) is 12.4 Å². The second-order valence-corrected chi connectivity index (χ2v) is 5.24. The van der Waals surface area contributed by atoms with Gasteiger partial charge in [-0.15, -0.1) is 0 Å². The van der Waals surface area contributed by atoms with Crippen LogP contribution in [0.25, 0.3) is 0 Å². The number of hydrogen-bond acceptors (Lipinski definition) is 3. The minimum absolute atomic E-state index is 0.0560. The van der Waals surface area contributed by atoms with Gasteiger partial charge < -0.3 is 10.6 Å². The zero-order chi connectivity index (χ0) is 15.2. The number of carbonyl (C=O) groups is 1. The van der Waals surface area contributed by atoms with Crippen LogP contribution in [0, 0.1) is 6.92 Å². The van der Waals surface area contributed by atoms with Crippen LogP contribution in [-0.4, -0.2) is 27.1 Å². The molecular formula is C16H22N4O. The summed E-state index contributed by atoms with van der Waals surface area (Å²) >= 11 is 0. The van der Waals surface area contributed by atoms with E-state index in [4.69, 9.17) is 5.73 Å². The Morgan fingerprint density at radius 1 is 1.29 bits per heavy atom. The lowest BCUT2D eigenvalue weighted by Gasteiger charge is -2.22. The molecule has 0 saturated heterocycles. The largest absolute Gasteiger partial charge is 0.382 e. The third-order valence-electron chi connectivity index (χ3n) is 3.30. The number of aromatic nitrogens is 2. The number of benzene rings is 1. The Morgan fingerprint density at radius 2 is 2.00 bits per heavy atom. The van der Waals surface area contributed by atoms with E-state index in [0.717, 1.165) is 18.5 Å². The normalized spacial score (nSPS) is 10.6. The molecule has 21 heavy (non-hydrogen) atoms. The van der Waals surface area contributed by atoms with Crippen molar-refractivity contribution in [1.82, 2.24) is 14.7 Å². The number of rotatable bonds is 6. The van der Waals surface area contributed by atoms with Crippen LogP contribution in [-0.2, 0) is 17.9 Å². The molecule has 112 valence electrons. The minimum atomic E-state index is 0.0560. The van der Waals surface area contributed by atoms with Gasteiger partial charge in [-0.3, -0.25) is 9.48 Å². The molecule has 2 rings (SSSR count). The molecule has 1 aromatic heterocycles. The molecule has 0 unspecified atom stereocenters. The quantitative estimate of drug-likeness (QED) is 0.885. The van der Waals surface area contributed by atoms with Crippen molar-refractivity contribution in [3.05, 3.63) is 47.7 Å². The highest BCUT2D eigenvalue weighted by atomic mass is 16.2. The summed E-state index contributed by atoms with van der Waals surface area (Å²) in [5.41, 5.74) is 7.93. The van der Waals surface area contributed by atoms with E-state index in [1.165, 1.54) is 5.56 Å². The molecule has 1 aromatic carbocycles. The van der Waals surface area contributed by atoms with Gasteiger partial charge in [0.25, 0.3) is 0 Å². The highest BCUT2D eigenvalue weighted by Gasteiger charge is 2.14. The van der Waals surface area contributed by atoms with Crippen LogP contribution < -0.4 is 5.73 Å². The maximum Gasteiger partial charge on any atom is 0.244 e. The van der Waals surface area contributed by atoms with Gasteiger partial charge in [-0.2, -0.15) is 5.10 Å². The molecule has 5 heteroatoms. The van der Waals surface area contributed by atoms with Crippen molar-refractivity contribution in [2.45, 2.75) is 33.4 Å². The first-order chi connectivity index (χ1) is 10.1. The summed E-state index contributed by atoms with van der Waals surface area (Å²) in [7, 11) is 0. The monoisotopic (exact) mass is 286 g/mol. The summed E-state index contributed by atoms with van der Waals surface area (Å²) in [6, 6.07) is 9.96. The zero-order valence-corrected chi connectivity index (χ0v) is 12.6. The molecule has 2 N–H and O–H groups in total. The predicted molar refractivity (Wildman–Crippen MR) is 83.5 cm³/mol. The maximum absolute atomic E-state index is 12.4. The number of aryl methyl sites for hydroxylation is 1. The first kappa shape index (κ1) is 15.1. The second-order valence-electron chi connectivity index (χ2n) is 5.24. The van der Waals surface area contributed by atoms with Crippen molar-refractivity contribution in [2.24, 2.45) is 0 Å². The van der Waals surface area contributed by atoms with Crippen LogP contribution >= 0.6 is 0 Å². The van der Waals surface area contributed by atoms with Gasteiger partial charge in [-0.1, -0.05) is 36.8 Å². The molecule has 0 fully saturated rings. The first-order valence-corrected chi connectivity index (χ1v) is 7.20. The average molecular weight is 286 g/mol. The highest BCUT2D eigenvalue weighted by molar-refractivity contribution is 5.76. The fraction of sp³-hybridized carbons (Fsp3) is 0.375. The Kier molecular flexibility index (Phi) is 4.98. The SMILES string of the molecule is CCCN(Cc1ccc(C)cc1)C(=O)Cn1ccc(N)n1. The Balaban J connectivity index is 2.03. The lowest BCUT2D eigenvalue weighted by molar-refractivity contribution is -0.132. The zero-order valence-electron chi connectivity index (χ0n) is 12.6. The van der Waals surface area contributed by atoms with E-state index in [9.17, 15) is 4.79 Å². The van der Waals surface area contributed by atoms with E-state index in [-0.39, 0.29) is 12.5 Å². The lowest BCUT2D eigenvalue weighted by Crippen LogP contribution is -2.34. The molecule has 0 aliphatic carbocycles. The van der Waals surface area contributed by atoms with Crippen molar-refractivity contribution in [1.29, 1.82) is 0 Å². The van der Waals surface area contributed by atoms with Crippen molar-refractivity contribution in [3.8, 4) is 0 Å². The third-order valence-corrected chi connectivity index (χ3v) is 3.30. The third kappa shape index (κ3) is 4.34. The van der Waals surface area contributed by atoms with Gasteiger partial charge >= 0.3 is 0 Å². The van der Waals surface area contributed by atoms with Crippen molar-refractivity contribution in [2.75, 3.05) is 12.3 Å². The van der Waals surface area contributed by atoms with Crippen LogP contribution in [0.5, 0.6) is 0 Å². The van der Waals surface area contributed by atoms with Gasteiger partial charge in [0.1, 0.15) is 12.4 Å². The molecule has 0 aliphatic heterocycles. The maximum atomic E-state index is 12.4. The smallest absolute Gasteiger partial charge is 0.244 e. The topological polar surface area (TPSA) is 64.2 Å². The highest BCUT2D eigenvalue weighted by Crippen LogP contribution is 2.09. The number of hydrogen-bond donors (Lipinski definition) is 1. The molecule has 0 radical (unpaired) electrons. The molecule has 1 heterocycles. The number of amides is 1. The number of carbonyl (C=O) groups excluding carboxylic acids is 1. The Hall–Kier alpha value is -2.30. The van der Waals surface area contributed by atoms with Crippen LogP contribution in [0.3, 0.4) is 0 Å². The summed E-state index contributed by atoms with van der Waals surface area (Å²) in [6.07, 6.45) is 2.65. The molecule has 0 aliphatic rings. The van der Waals surface area contributed by atoms with E-state index >= 15 is 0 Å². The summed E-state index contributed by atoms with van der Waals surface area (Å²) in [5.74, 6) is 0.490. The van der Waals surface area contributed by atoms with Gasteiger partial charge in [0, 0.05) is 19.3 Å². The molecule has 2 aromatic rings. The van der Waals surface area contributed by atoms with Crippen LogP contribution in [0.15, 0.2) is 36.5 Å². The molecule has 5 nitrogen and oxygen atoms in total. The molecule has 0 bridgehead atoms. The first-order valence-electron chi connectivity index (χ1n) is 7.20. The average Bonchev–Trinajstić information content (AvgIpc) is 2.86. The van der Waals surface area contributed by atoms with E-state index < -0.39 is 0 Å². The van der Waals surface area contributed by atoms with Crippen molar-refractivity contribution < 1.29 is 4.79 Å². The molecule has 0 atom stereocenters. The van der Waals surface area contributed by atoms with Gasteiger partial charge in [0.05, 0.1) is 0 Å². The van der Waals surface area contributed by atoms with E-state index in [1.54, 1.807) is 16.9 Å². The second kappa shape index (κ2) is 6.92. The summed E-state index contributed by atoms with van der Waals surface area (Å²) in [6.45, 7) is 5.72. The van der Waals surface area contributed by atoms with Gasteiger partial charge in [-0.05, 0) is 25.0 Å². The Bertz CT molecular complexity index is 589. The summed E-state index contributed by atoms with van der Waals surface area (Å²) < 4.78 is 1.58. The molecule has 1 amide bonds. The lowest BCUT2D eigenvalue weighted by atomic mass is 10.1. The van der Waals surface area contributed by atoms with E-state index in [2.05, 4.69) is 43.2 Å². The molecular weight excluding hydrogens is 264 g/mol. The number of anilines is 1. The van der Waals surface area contributed by atoms with E-state index in [1.807, 2.05) is 4.90 Å². The number of nitrogens with zero attached hydrogens (tertiary/aromatic N) is 3. The predicted octanol–water partition coefficient (Wildman–Crippen LogP) is 2.21. The number of nitrogen functional groups attached to an aromatic ring is 1. The minimum Gasteiger partial charge on any atom is -0.382 e. The van der Waals surface area contributed by atoms with Crippen LogP contribution in [0.1, 0.15) is 24.5 Å². The van der Waals surface area contributed by atoms with Crippen molar-refractivity contribution in [3.63, 3.8) is 0 Å². The van der Waals surface area contributed by atoms with Crippen LogP contribution in [0.2, 0.25) is 0 Å². The molecule has 0 saturated carbocycles. The summed E-state index contributed by atoms with van der Waals surface area (Å²) in [4.78, 5) is 14.3. The standard InChI is InChI=1S/C16H22N4O/c1-3-9-19(11-14-6-4-13(2)5-7-14)16(21)12-20-10-8-15(17)18-20/h4-8,10H,3,9,11-12H2,1-2H3,(H2,17,18). The fourth-order valence-electron chi connectivity index (χ4n) is 2.18. The molecule has 0 spiro atoms. The Labute approximate surface area is 125 Å². The van der Waals surface area contributed by atoms with Gasteiger partial charge in [-0.25, -0.2) is 0 Å². The van der Waals surface area contributed by atoms with Crippen LogP contribution in [0.4, 0.5) is 5.82 Å².